The molecule has 2 aromatic heterocycles. The number of anilines is 1. The highest BCUT2D eigenvalue weighted by Gasteiger charge is 2.28. The van der Waals surface area contributed by atoms with E-state index < -0.39 is 5.91 Å². The number of carbonyl (C=O) groups is 2. The minimum atomic E-state index is -0.412. The summed E-state index contributed by atoms with van der Waals surface area (Å²) in [6, 6.07) is 19.2. The summed E-state index contributed by atoms with van der Waals surface area (Å²) in [4.78, 5) is 39.7. The average molecular weight is 490 g/mol. The van der Waals surface area contributed by atoms with Gasteiger partial charge < -0.3 is 5.32 Å². The number of hydrogen-bond donors (Lipinski definition) is 1. The lowest BCUT2D eigenvalue weighted by molar-refractivity contribution is -0.116. The number of amides is 1. The zero-order valence-electron chi connectivity index (χ0n) is 18.1. The first-order valence-electron chi connectivity index (χ1n) is 10.9. The molecule has 2 heterocycles. The monoisotopic (exact) mass is 489 g/mol. The van der Waals surface area contributed by atoms with Crippen LogP contribution in [0.25, 0.3) is 11.3 Å². The molecule has 0 fully saturated rings. The maximum atomic E-state index is 13.3. The van der Waals surface area contributed by atoms with Gasteiger partial charge in [-0.05, 0) is 55.2 Å². The van der Waals surface area contributed by atoms with Crippen LogP contribution in [0, 0.1) is 0 Å². The second-order valence-corrected chi connectivity index (χ2v) is 9.57. The van der Waals surface area contributed by atoms with Crippen LogP contribution >= 0.6 is 22.9 Å². The second-order valence-electron chi connectivity index (χ2n) is 8.03. The molecule has 0 bridgehead atoms. The first kappa shape index (κ1) is 22.3. The third kappa shape index (κ3) is 4.44. The van der Waals surface area contributed by atoms with E-state index in [1.54, 1.807) is 30.3 Å². The number of rotatable bonds is 6. The van der Waals surface area contributed by atoms with E-state index in [0.29, 0.717) is 26.8 Å². The summed E-state index contributed by atoms with van der Waals surface area (Å²) in [5.74, 6) is -0.558. The Morgan fingerprint density at radius 3 is 2.53 bits per heavy atom. The van der Waals surface area contributed by atoms with Crippen LogP contribution in [0.4, 0.5) is 5.00 Å². The number of halogens is 1. The molecule has 1 aliphatic rings. The number of benzene rings is 2. The van der Waals surface area contributed by atoms with Crippen LogP contribution in [0.5, 0.6) is 0 Å². The van der Waals surface area contributed by atoms with Crippen molar-refractivity contribution in [2.75, 3.05) is 5.32 Å². The van der Waals surface area contributed by atoms with E-state index in [1.165, 1.54) is 17.4 Å². The van der Waals surface area contributed by atoms with Gasteiger partial charge in [-0.15, -0.1) is 11.3 Å². The van der Waals surface area contributed by atoms with E-state index in [9.17, 15) is 14.4 Å². The zero-order chi connectivity index (χ0) is 23.7. The minimum absolute atomic E-state index is 0.146. The first-order chi connectivity index (χ1) is 16.5. The summed E-state index contributed by atoms with van der Waals surface area (Å²) in [6.45, 7) is -0.253. The highest BCUT2D eigenvalue weighted by Crippen LogP contribution is 2.40. The first-order valence-corrected chi connectivity index (χ1v) is 12.1. The van der Waals surface area contributed by atoms with Crippen molar-refractivity contribution >= 4 is 39.6 Å². The van der Waals surface area contributed by atoms with Crippen LogP contribution < -0.4 is 10.9 Å². The van der Waals surface area contributed by atoms with E-state index in [1.807, 2.05) is 30.3 Å². The Hall–Kier alpha value is -3.55. The molecule has 8 heteroatoms. The van der Waals surface area contributed by atoms with Gasteiger partial charge in [-0.1, -0.05) is 41.9 Å². The van der Waals surface area contributed by atoms with Gasteiger partial charge in [0.25, 0.3) is 5.56 Å². The van der Waals surface area contributed by atoms with Gasteiger partial charge in [0.05, 0.1) is 11.3 Å². The second kappa shape index (κ2) is 9.37. The van der Waals surface area contributed by atoms with Crippen molar-refractivity contribution in [3.05, 3.63) is 104 Å². The van der Waals surface area contributed by atoms with Gasteiger partial charge >= 0.3 is 0 Å². The fourth-order valence-corrected chi connectivity index (χ4v) is 5.53. The maximum Gasteiger partial charge on any atom is 0.267 e. The predicted molar refractivity (Wildman–Crippen MR) is 134 cm³/mol. The number of nitrogens with zero attached hydrogens (tertiary/aromatic N) is 2. The summed E-state index contributed by atoms with van der Waals surface area (Å²) in [7, 11) is 0. The molecule has 6 nitrogen and oxygen atoms in total. The summed E-state index contributed by atoms with van der Waals surface area (Å²) in [5, 5.41) is 8.29. The van der Waals surface area contributed by atoms with Crippen molar-refractivity contribution in [1.29, 1.82) is 0 Å². The van der Waals surface area contributed by atoms with Crippen LogP contribution in [0.1, 0.15) is 32.8 Å². The van der Waals surface area contributed by atoms with Gasteiger partial charge in [-0.3, -0.25) is 14.4 Å². The summed E-state index contributed by atoms with van der Waals surface area (Å²) in [5.41, 5.74) is 3.12. The van der Waals surface area contributed by atoms with Crippen molar-refractivity contribution in [3.63, 3.8) is 0 Å². The normalized spacial score (nSPS) is 12.4. The van der Waals surface area contributed by atoms with Crippen molar-refractivity contribution in [1.82, 2.24) is 9.78 Å². The molecule has 0 saturated carbocycles. The topological polar surface area (TPSA) is 81.1 Å². The summed E-state index contributed by atoms with van der Waals surface area (Å²) < 4.78 is 1.14. The summed E-state index contributed by atoms with van der Waals surface area (Å²) >= 11 is 7.41. The maximum absolute atomic E-state index is 13.3. The number of aromatic nitrogens is 2. The van der Waals surface area contributed by atoms with Crippen molar-refractivity contribution in [2.24, 2.45) is 0 Å². The van der Waals surface area contributed by atoms with Gasteiger partial charge in [0, 0.05) is 27.1 Å². The molecule has 5 rings (SSSR count). The summed E-state index contributed by atoms with van der Waals surface area (Å²) in [6.07, 6.45) is 2.68. The quantitative estimate of drug-likeness (QED) is 0.387. The van der Waals surface area contributed by atoms with E-state index in [4.69, 9.17) is 11.6 Å². The van der Waals surface area contributed by atoms with E-state index >= 15 is 0 Å². The highest BCUT2D eigenvalue weighted by molar-refractivity contribution is 7.17. The van der Waals surface area contributed by atoms with Gasteiger partial charge in [-0.2, -0.15) is 5.10 Å². The molecule has 1 N–H and O–H groups in total. The van der Waals surface area contributed by atoms with Crippen molar-refractivity contribution in [2.45, 2.75) is 25.8 Å². The number of carbonyl (C=O) groups excluding carboxylic acids is 2. The molecule has 170 valence electrons. The molecule has 0 saturated heterocycles. The molecule has 0 atom stereocenters. The molecule has 0 aliphatic heterocycles. The van der Waals surface area contributed by atoms with Crippen LogP contribution in [0.3, 0.4) is 0 Å². The lowest BCUT2D eigenvalue weighted by atomic mass is 10.0. The SMILES string of the molecule is O=C(Cn1nc(-c2ccccc2)ccc1=O)Nc1sc2c(c1C(=O)c1ccc(Cl)cc1)CCC2. The molecule has 2 aromatic carbocycles. The Balaban J connectivity index is 1.41. The molecule has 0 spiro atoms. The zero-order valence-corrected chi connectivity index (χ0v) is 19.7. The Kier molecular flexibility index (Phi) is 6.13. The molecule has 1 aliphatic carbocycles. The Morgan fingerprint density at radius 1 is 1.00 bits per heavy atom. The highest BCUT2D eigenvalue weighted by atomic mass is 35.5. The minimum Gasteiger partial charge on any atom is -0.315 e. The van der Waals surface area contributed by atoms with Crippen LogP contribution in [0.15, 0.2) is 71.5 Å². The third-order valence-electron chi connectivity index (χ3n) is 5.74. The standard InChI is InChI=1S/C26H20ClN3O3S/c27-18-11-9-17(10-12-18)25(33)24-19-7-4-8-21(19)34-26(24)28-22(31)15-30-23(32)14-13-20(29-30)16-5-2-1-3-6-16/h1-3,5-6,9-14H,4,7-8,15H2,(H,28,31). The molecule has 0 unspecified atom stereocenters. The third-order valence-corrected chi connectivity index (χ3v) is 7.20. The Bertz CT molecular complexity index is 1440. The fraction of sp³-hybridized carbons (Fsp3) is 0.154. The lowest BCUT2D eigenvalue weighted by Gasteiger charge is -2.10. The van der Waals surface area contributed by atoms with E-state index in [2.05, 4.69) is 10.4 Å². The Labute approximate surface area is 204 Å². The number of aryl methyl sites for hydroxylation is 1. The van der Waals surface area contributed by atoms with Gasteiger partial charge in [0.2, 0.25) is 5.91 Å². The number of ketones is 1. The van der Waals surface area contributed by atoms with Gasteiger partial charge in [-0.25, -0.2) is 4.68 Å². The van der Waals surface area contributed by atoms with E-state index in [-0.39, 0.29) is 17.9 Å². The van der Waals surface area contributed by atoms with Gasteiger partial charge in [0.15, 0.2) is 5.78 Å². The molecule has 4 aromatic rings. The van der Waals surface area contributed by atoms with Crippen molar-refractivity contribution in [3.8, 4) is 11.3 Å². The smallest absolute Gasteiger partial charge is 0.267 e. The fourth-order valence-electron chi connectivity index (χ4n) is 4.11. The predicted octanol–water partition coefficient (Wildman–Crippen LogP) is 4.98. The van der Waals surface area contributed by atoms with Crippen LogP contribution in [0.2, 0.25) is 5.02 Å². The van der Waals surface area contributed by atoms with Gasteiger partial charge in [0.1, 0.15) is 11.5 Å². The molecule has 34 heavy (non-hydrogen) atoms. The van der Waals surface area contributed by atoms with Crippen LogP contribution in [-0.4, -0.2) is 21.5 Å². The largest absolute Gasteiger partial charge is 0.315 e. The van der Waals surface area contributed by atoms with E-state index in [0.717, 1.165) is 39.9 Å². The van der Waals surface area contributed by atoms with Crippen molar-refractivity contribution < 1.29 is 9.59 Å². The Morgan fingerprint density at radius 2 is 1.76 bits per heavy atom. The molecule has 1 amide bonds. The van der Waals surface area contributed by atoms with Crippen LogP contribution in [-0.2, 0) is 24.2 Å². The molecule has 0 radical (unpaired) electrons. The number of thiophene rings is 1. The number of fused-ring (bicyclic) bond motifs is 1. The molecular formula is C26H20ClN3O3S. The molecular weight excluding hydrogens is 470 g/mol. The number of nitrogens with one attached hydrogen (secondary N) is 1. The lowest BCUT2D eigenvalue weighted by Crippen LogP contribution is -2.29. The average Bonchev–Trinajstić information content (AvgIpc) is 3.42. The number of hydrogen-bond acceptors (Lipinski definition) is 5.